The molecule has 0 heterocycles. The second kappa shape index (κ2) is 11.9. The molecule has 196 valence electrons. The Morgan fingerprint density at radius 2 is 1.69 bits per heavy atom. The maximum atomic E-state index is 13.9. The van der Waals surface area contributed by atoms with Crippen LogP contribution in [0.25, 0.3) is 0 Å². The van der Waals surface area contributed by atoms with E-state index < -0.39 is 22.0 Å². The van der Waals surface area contributed by atoms with Crippen LogP contribution in [0.1, 0.15) is 61.3 Å². The summed E-state index contributed by atoms with van der Waals surface area (Å²) in [4.78, 5) is 28.8. The third-order valence-electron chi connectivity index (χ3n) is 7.00. The van der Waals surface area contributed by atoms with Gasteiger partial charge in [0.25, 0.3) is 0 Å². The first-order chi connectivity index (χ1) is 17.0. The molecule has 3 rings (SSSR count). The molecule has 0 aromatic heterocycles. The van der Waals surface area contributed by atoms with E-state index in [2.05, 4.69) is 5.32 Å². The van der Waals surface area contributed by atoms with Gasteiger partial charge in [-0.25, -0.2) is 8.42 Å². The number of nitrogens with one attached hydrogen (secondary N) is 1. The van der Waals surface area contributed by atoms with Crippen LogP contribution < -0.4 is 9.62 Å². The van der Waals surface area contributed by atoms with Crippen LogP contribution >= 0.6 is 0 Å². The Bertz CT molecular complexity index is 1190. The lowest BCUT2D eigenvalue weighted by atomic mass is 10.1. The molecule has 36 heavy (non-hydrogen) atoms. The van der Waals surface area contributed by atoms with Crippen LogP contribution in [0.3, 0.4) is 0 Å². The molecular formula is C28H39N3O4S. The van der Waals surface area contributed by atoms with Crippen molar-refractivity contribution in [3.63, 3.8) is 0 Å². The molecule has 8 heteroatoms. The second-order valence-corrected chi connectivity index (χ2v) is 11.8. The zero-order valence-corrected chi connectivity index (χ0v) is 22.9. The fourth-order valence-electron chi connectivity index (χ4n) is 4.84. The average molecular weight is 514 g/mol. The van der Waals surface area contributed by atoms with E-state index in [9.17, 15) is 18.0 Å². The molecule has 1 atom stereocenters. The van der Waals surface area contributed by atoms with Crippen molar-refractivity contribution in [3.05, 3.63) is 64.7 Å². The van der Waals surface area contributed by atoms with Crippen LogP contribution in [0.4, 0.5) is 5.69 Å². The number of carbonyl (C=O) groups excluding carboxylic acids is 2. The third-order valence-corrected chi connectivity index (χ3v) is 8.13. The van der Waals surface area contributed by atoms with Gasteiger partial charge >= 0.3 is 0 Å². The lowest BCUT2D eigenvalue weighted by Gasteiger charge is -2.34. The minimum atomic E-state index is -3.75. The van der Waals surface area contributed by atoms with Crippen molar-refractivity contribution in [2.75, 3.05) is 17.1 Å². The van der Waals surface area contributed by atoms with Gasteiger partial charge in [0.1, 0.15) is 12.6 Å². The zero-order valence-electron chi connectivity index (χ0n) is 22.1. The summed E-state index contributed by atoms with van der Waals surface area (Å²) in [6, 6.07) is 12.7. The predicted octanol–water partition coefficient (Wildman–Crippen LogP) is 4.24. The SMILES string of the molecule is CC[C@@H](C(=O)NC1CCCC1)N(Cc1ccccc1C)C(=O)CN(c1cc(C)ccc1C)S(C)(=O)=O. The Morgan fingerprint density at radius 1 is 1.03 bits per heavy atom. The molecule has 2 aromatic carbocycles. The molecule has 0 unspecified atom stereocenters. The summed E-state index contributed by atoms with van der Waals surface area (Å²) in [6.45, 7) is 7.42. The van der Waals surface area contributed by atoms with Gasteiger partial charge in [-0.2, -0.15) is 0 Å². The number of hydrogen-bond acceptors (Lipinski definition) is 4. The zero-order chi connectivity index (χ0) is 26.5. The molecule has 1 fully saturated rings. The number of benzene rings is 2. The average Bonchev–Trinajstić information content (AvgIpc) is 3.32. The highest BCUT2D eigenvalue weighted by Gasteiger charge is 2.33. The first-order valence-electron chi connectivity index (χ1n) is 12.7. The Hall–Kier alpha value is -2.87. The van der Waals surface area contributed by atoms with Crippen LogP contribution in [-0.4, -0.2) is 50.0 Å². The molecule has 0 saturated heterocycles. The van der Waals surface area contributed by atoms with E-state index in [1.165, 1.54) is 0 Å². The number of aryl methyl sites for hydroxylation is 3. The Kier molecular flexibility index (Phi) is 9.17. The molecular weight excluding hydrogens is 474 g/mol. The number of sulfonamides is 1. The summed E-state index contributed by atoms with van der Waals surface area (Å²) in [5.74, 6) is -0.581. The maximum Gasteiger partial charge on any atom is 0.244 e. The first kappa shape index (κ1) is 27.7. The minimum Gasteiger partial charge on any atom is -0.352 e. The molecule has 7 nitrogen and oxygen atoms in total. The van der Waals surface area contributed by atoms with E-state index in [0.717, 1.165) is 58.5 Å². The van der Waals surface area contributed by atoms with Gasteiger partial charge in [-0.3, -0.25) is 13.9 Å². The van der Waals surface area contributed by atoms with Crippen LogP contribution in [0.2, 0.25) is 0 Å². The smallest absolute Gasteiger partial charge is 0.244 e. The van der Waals surface area contributed by atoms with E-state index in [1.54, 1.807) is 11.0 Å². The van der Waals surface area contributed by atoms with Crippen molar-refractivity contribution in [2.45, 2.75) is 78.4 Å². The summed E-state index contributed by atoms with van der Waals surface area (Å²) >= 11 is 0. The van der Waals surface area contributed by atoms with E-state index in [0.29, 0.717) is 12.1 Å². The van der Waals surface area contributed by atoms with Crippen molar-refractivity contribution in [1.82, 2.24) is 10.2 Å². The fourth-order valence-corrected chi connectivity index (χ4v) is 5.74. The van der Waals surface area contributed by atoms with Gasteiger partial charge in [-0.1, -0.05) is 56.2 Å². The molecule has 2 aromatic rings. The molecule has 1 N–H and O–H groups in total. The number of rotatable bonds is 10. The predicted molar refractivity (Wildman–Crippen MR) is 144 cm³/mol. The summed E-state index contributed by atoms with van der Waals surface area (Å²) in [6.07, 6.45) is 5.61. The van der Waals surface area contributed by atoms with Gasteiger partial charge in [0.15, 0.2) is 0 Å². The normalized spacial score (nSPS) is 14.9. The first-order valence-corrected chi connectivity index (χ1v) is 14.6. The molecule has 1 aliphatic rings. The Balaban J connectivity index is 1.96. The molecule has 0 aliphatic heterocycles. The van der Waals surface area contributed by atoms with Crippen molar-refractivity contribution in [2.24, 2.45) is 0 Å². The van der Waals surface area contributed by atoms with Gasteiger partial charge in [0.2, 0.25) is 21.8 Å². The number of amides is 2. The van der Waals surface area contributed by atoms with Crippen molar-refractivity contribution in [3.8, 4) is 0 Å². The lowest BCUT2D eigenvalue weighted by Crippen LogP contribution is -2.53. The van der Waals surface area contributed by atoms with Crippen LogP contribution in [0.15, 0.2) is 42.5 Å². The highest BCUT2D eigenvalue weighted by Crippen LogP contribution is 2.25. The molecule has 1 saturated carbocycles. The fraction of sp³-hybridized carbons (Fsp3) is 0.500. The number of nitrogens with zero attached hydrogens (tertiary/aromatic N) is 2. The van der Waals surface area contributed by atoms with E-state index >= 15 is 0 Å². The summed E-state index contributed by atoms with van der Waals surface area (Å²) in [5.41, 5.74) is 4.07. The molecule has 0 radical (unpaired) electrons. The summed E-state index contributed by atoms with van der Waals surface area (Å²) < 4.78 is 26.8. The summed E-state index contributed by atoms with van der Waals surface area (Å²) in [5, 5.41) is 3.13. The standard InChI is InChI=1S/C28H39N3O4S/c1-6-25(28(33)29-24-13-9-10-14-24)30(18-23-12-8-7-11-21(23)3)27(32)19-31(36(5,34)35)26-17-20(2)15-16-22(26)4/h7-8,11-12,15-17,24-25H,6,9-10,13-14,18-19H2,1-5H3,(H,29,33)/t25-/m0/s1. The molecule has 0 bridgehead atoms. The molecule has 0 spiro atoms. The van der Waals surface area contributed by atoms with E-state index in [1.807, 2.05) is 64.1 Å². The van der Waals surface area contributed by atoms with E-state index in [4.69, 9.17) is 0 Å². The van der Waals surface area contributed by atoms with Crippen molar-refractivity contribution >= 4 is 27.5 Å². The van der Waals surface area contributed by atoms with Crippen molar-refractivity contribution in [1.29, 1.82) is 0 Å². The molecule has 2 amide bonds. The third kappa shape index (κ3) is 6.87. The number of anilines is 1. The van der Waals surface area contributed by atoms with Crippen LogP contribution in [0, 0.1) is 20.8 Å². The lowest BCUT2D eigenvalue weighted by molar-refractivity contribution is -0.140. The largest absolute Gasteiger partial charge is 0.352 e. The van der Waals surface area contributed by atoms with Gasteiger partial charge in [0.05, 0.1) is 11.9 Å². The monoisotopic (exact) mass is 513 g/mol. The Labute approximate surface area is 215 Å². The van der Waals surface area contributed by atoms with Crippen molar-refractivity contribution < 1.29 is 18.0 Å². The minimum absolute atomic E-state index is 0.129. The van der Waals surface area contributed by atoms with Gasteiger partial charge in [0, 0.05) is 12.6 Å². The van der Waals surface area contributed by atoms with E-state index in [-0.39, 0.29) is 25.0 Å². The van der Waals surface area contributed by atoms with Crippen LogP contribution in [-0.2, 0) is 26.2 Å². The van der Waals surface area contributed by atoms with Crippen LogP contribution in [0.5, 0.6) is 0 Å². The summed E-state index contributed by atoms with van der Waals surface area (Å²) in [7, 11) is -3.75. The highest BCUT2D eigenvalue weighted by atomic mass is 32.2. The maximum absolute atomic E-state index is 13.9. The quantitative estimate of drug-likeness (QED) is 0.515. The Morgan fingerprint density at radius 3 is 2.31 bits per heavy atom. The van der Waals surface area contributed by atoms with Gasteiger partial charge in [-0.15, -0.1) is 0 Å². The highest BCUT2D eigenvalue weighted by molar-refractivity contribution is 7.92. The number of hydrogen-bond donors (Lipinski definition) is 1. The topological polar surface area (TPSA) is 86.8 Å². The second-order valence-electron chi connectivity index (χ2n) is 9.92. The van der Waals surface area contributed by atoms with Gasteiger partial charge in [-0.05, 0) is 68.4 Å². The number of carbonyl (C=O) groups is 2. The van der Waals surface area contributed by atoms with Gasteiger partial charge < -0.3 is 10.2 Å². The molecule has 1 aliphatic carbocycles.